The molecule has 1 rings (SSSR count). The van der Waals surface area contributed by atoms with Gasteiger partial charge in [0.05, 0.1) is 22.6 Å². The largest absolute Gasteiger partial charge is 0.390 e. The molecule has 0 aliphatic heterocycles. The van der Waals surface area contributed by atoms with Crippen molar-refractivity contribution in [3.63, 3.8) is 0 Å². The van der Waals surface area contributed by atoms with E-state index < -0.39 is 17.5 Å². The molecule has 0 bridgehead atoms. The fourth-order valence-electron chi connectivity index (χ4n) is 1.47. The monoisotopic (exact) mass is 273 g/mol. The van der Waals surface area contributed by atoms with E-state index in [1.165, 1.54) is 18.0 Å². The molecule has 0 fully saturated rings. The van der Waals surface area contributed by atoms with Gasteiger partial charge in [-0.15, -0.1) is 0 Å². The van der Waals surface area contributed by atoms with Gasteiger partial charge in [0, 0.05) is 25.7 Å². The van der Waals surface area contributed by atoms with Gasteiger partial charge in [0.15, 0.2) is 0 Å². The lowest BCUT2D eigenvalue weighted by atomic mass is 10.1. The second kappa shape index (κ2) is 5.56. The Kier molecular flexibility index (Phi) is 4.32. The average Bonchev–Trinajstić information content (AvgIpc) is 2.34. The fourth-order valence-corrected chi connectivity index (χ4v) is 1.47. The molecular formula is C11H10F3N3O2. The summed E-state index contributed by atoms with van der Waals surface area (Å²) in [6.45, 7) is -0.323. The Morgan fingerprint density at radius 3 is 2.58 bits per heavy atom. The minimum atomic E-state index is -4.29. The predicted molar refractivity (Wildman–Crippen MR) is 61.8 cm³/mol. The van der Waals surface area contributed by atoms with Crippen LogP contribution in [0.1, 0.15) is 12.0 Å². The van der Waals surface area contributed by atoms with Crippen LogP contribution < -0.4 is 4.90 Å². The molecule has 19 heavy (non-hydrogen) atoms. The van der Waals surface area contributed by atoms with Gasteiger partial charge >= 0.3 is 6.18 Å². The Hall–Kier alpha value is -2.30. The van der Waals surface area contributed by atoms with Crippen LogP contribution in [0.5, 0.6) is 0 Å². The maximum Gasteiger partial charge on any atom is 0.390 e. The van der Waals surface area contributed by atoms with Gasteiger partial charge in [0.2, 0.25) is 0 Å². The molecule has 5 nitrogen and oxygen atoms in total. The zero-order chi connectivity index (χ0) is 14.6. The smallest absolute Gasteiger partial charge is 0.373 e. The fraction of sp³-hybridized carbons (Fsp3) is 0.364. The molecule has 0 aliphatic rings. The minimum Gasteiger partial charge on any atom is -0.373 e. The second-order valence-electron chi connectivity index (χ2n) is 3.86. The van der Waals surface area contributed by atoms with E-state index in [1.54, 1.807) is 6.07 Å². The molecule has 1 aromatic carbocycles. The number of hydrogen-bond acceptors (Lipinski definition) is 4. The summed E-state index contributed by atoms with van der Waals surface area (Å²) in [5.41, 5.74) is -0.0688. The number of nitriles is 1. The van der Waals surface area contributed by atoms with Gasteiger partial charge in [-0.2, -0.15) is 18.4 Å². The van der Waals surface area contributed by atoms with Crippen LogP contribution in [0.2, 0.25) is 0 Å². The summed E-state index contributed by atoms with van der Waals surface area (Å²) in [7, 11) is 1.40. The van der Waals surface area contributed by atoms with Crippen LogP contribution in [0.25, 0.3) is 0 Å². The van der Waals surface area contributed by atoms with Crippen molar-refractivity contribution in [3.8, 4) is 6.07 Å². The van der Waals surface area contributed by atoms with Crippen LogP contribution in [0.15, 0.2) is 18.2 Å². The topological polar surface area (TPSA) is 70.2 Å². The number of alkyl halides is 3. The number of nitrogens with zero attached hydrogens (tertiary/aromatic N) is 3. The number of nitro benzene ring substituents is 1. The summed E-state index contributed by atoms with van der Waals surface area (Å²) in [5.74, 6) is 0. The third kappa shape index (κ3) is 4.13. The van der Waals surface area contributed by atoms with E-state index >= 15 is 0 Å². The molecule has 102 valence electrons. The maximum absolute atomic E-state index is 12.1. The van der Waals surface area contributed by atoms with Crippen molar-refractivity contribution in [1.82, 2.24) is 0 Å². The lowest BCUT2D eigenvalue weighted by Crippen LogP contribution is -2.24. The highest BCUT2D eigenvalue weighted by atomic mass is 19.4. The number of halogens is 3. The number of rotatable bonds is 4. The second-order valence-corrected chi connectivity index (χ2v) is 3.86. The predicted octanol–water partition coefficient (Wildman–Crippen LogP) is 2.86. The van der Waals surface area contributed by atoms with Crippen molar-refractivity contribution in [1.29, 1.82) is 5.26 Å². The molecule has 0 N–H and O–H groups in total. The van der Waals surface area contributed by atoms with Gasteiger partial charge in [-0.3, -0.25) is 10.1 Å². The molecule has 0 spiro atoms. The number of hydrogen-bond donors (Lipinski definition) is 0. The Balaban J connectivity index is 2.95. The van der Waals surface area contributed by atoms with Crippen molar-refractivity contribution < 1.29 is 18.1 Å². The molecule has 0 heterocycles. The summed E-state index contributed by atoms with van der Waals surface area (Å²) >= 11 is 0. The molecule has 0 aromatic heterocycles. The number of non-ortho nitro benzene ring substituents is 1. The summed E-state index contributed by atoms with van der Waals surface area (Å²) in [4.78, 5) is 11.1. The maximum atomic E-state index is 12.1. The van der Waals surface area contributed by atoms with Gasteiger partial charge in [-0.25, -0.2) is 0 Å². The first-order valence-electron chi connectivity index (χ1n) is 5.21. The van der Waals surface area contributed by atoms with E-state index in [9.17, 15) is 23.3 Å². The van der Waals surface area contributed by atoms with Crippen molar-refractivity contribution >= 4 is 11.4 Å². The van der Waals surface area contributed by atoms with E-state index in [0.717, 1.165) is 12.1 Å². The minimum absolute atomic E-state index is 0.0288. The number of benzene rings is 1. The molecule has 1 aromatic rings. The summed E-state index contributed by atoms with van der Waals surface area (Å²) in [6.07, 6.45) is -5.31. The third-order valence-corrected chi connectivity index (χ3v) is 2.45. The van der Waals surface area contributed by atoms with Gasteiger partial charge in [-0.1, -0.05) is 0 Å². The lowest BCUT2D eigenvalue weighted by Gasteiger charge is -2.21. The third-order valence-electron chi connectivity index (χ3n) is 2.45. The van der Waals surface area contributed by atoms with Crippen LogP contribution in [0.3, 0.4) is 0 Å². The van der Waals surface area contributed by atoms with E-state index in [1.807, 2.05) is 0 Å². The van der Waals surface area contributed by atoms with Gasteiger partial charge in [0.1, 0.15) is 6.07 Å². The Morgan fingerprint density at radius 2 is 2.11 bits per heavy atom. The molecular weight excluding hydrogens is 263 g/mol. The van der Waals surface area contributed by atoms with E-state index in [0.29, 0.717) is 0 Å². The van der Waals surface area contributed by atoms with Crippen molar-refractivity contribution in [2.75, 3.05) is 18.5 Å². The molecule has 0 saturated carbocycles. The Morgan fingerprint density at radius 1 is 1.47 bits per heavy atom. The Labute approximate surface area is 107 Å². The summed E-state index contributed by atoms with van der Waals surface area (Å²) in [6, 6.07) is 5.21. The van der Waals surface area contributed by atoms with Crippen LogP contribution >= 0.6 is 0 Å². The van der Waals surface area contributed by atoms with Gasteiger partial charge < -0.3 is 4.90 Å². The molecule has 0 unspecified atom stereocenters. The van der Waals surface area contributed by atoms with Crippen LogP contribution in [-0.4, -0.2) is 24.7 Å². The molecule has 0 saturated heterocycles. The molecule has 0 atom stereocenters. The van der Waals surface area contributed by atoms with Crippen molar-refractivity contribution in [3.05, 3.63) is 33.9 Å². The number of nitro groups is 1. The van der Waals surface area contributed by atoms with Gasteiger partial charge in [-0.05, 0) is 6.07 Å². The highest BCUT2D eigenvalue weighted by Gasteiger charge is 2.27. The van der Waals surface area contributed by atoms with Crippen molar-refractivity contribution in [2.24, 2.45) is 0 Å². The standard InChI is InChI=1S/C11H10F3N3O2/c1-16(5-4-11(12,13)14)10-3-2-9(17(18)19)6-8(10)7-15/h2-3,6H,4-5H2,1H3. The SMILES string of the molecule is CN(CCC(F)(F)F)c1ccc([N+](=O)[O-])cc1C#N. The van der Waals surface area contributed by atoms with Crippen LogP contribution in [-0.2, 0) is 0 Å². The first-order valence-corrected chi connectivity index (χ1v) is 5.21. The van der Waals surface area contributed by atoms with Gasteiger partial charge in [0.25, 0.3) is 5.69 Å². The zero-order valence-electron chi connectivity index (χ0n) is 9.94. The zero-order valence-corrected chi connectivity index (χ0v) is 9.94. The van der Waals surface area contributed by atoms with E-state index in [2.05, 4.69) is 0 Å². The highest BCUT2D eigenvalue weighted by molar-refractivity contribution is 5.62. The first-order chi connectivity index (χ1) is 8.74. The quantitative estimate of drug-likeness (QED) is 0.624. The van der Waals surface area contributed by atoms with E-state index in [4.69, 9.17) is 5.26 Å². The number of anilines is 1. The normalized spacial score (nSPS) is 10.9. The molecule has 0 aliphatic carbocycles. The molecule has 8 heteroatoms. The lowest BCUT2D eigenvalue weighted by molar-refractivity contribution is -0.384. The van der Waals surface area contributed by atoms with E-state index in [-0.39, 0.29) is 23.5 Å². The summed E-state index contributed by atoms with van der Waals surface area (Å²) < 4.78 is 36.3. The van der Waals surface area contributed by atoms with Crippen LogP contribution in [0, 0.1) is 21.4 Å². The average molecular weight is 273 g/mol. The Bertz CT molecular complexity index is 523. The first kappa shape index (κ1) is 14.8. The van der Waals surface area contributed by atoms with Crippen molar-refractivity contribution in [2.45, 2.75) is 12.6 Å². The molecule has 0 radical (unpaired) electrons. The van der Waals surface area contributed by atoms with Crippen LogP contribution in [0.4, 0.5) is 24.5 Å². The molecule has 0 amide bonds. The highest BCUT2D eigenvalue weighted by Crippen LogP contribution is 2.26. The summed E-state index contributed by atoms with van der Waals surface area (Å²) in [5, 5.41) is 19.4.